The molecule has 0 aliphatic carbocycles. The SMILES string of the molecule is Cc1ccc(S(=O)(=O)/N=C(\c2ccccc2)N2CCCCC2)cc1. The first-order chi connectivity index (χ1) is 11.6. The zero-order chi connectivity index (χ0) is 17.0. The minimum absolute atomic E-state index is 0.235. The quantitative estimate of drug-likeness (QED) is 0.632. The Morgan fingerprint density at radius 2 is 1.54 bits per heavy atom. The second-order valence-corrected chi connectivity index (χ2v) is 7.72. The van der Waals surface area contributed by atoms with Gasteiger partial charge in [-0.05, 0) is 38.3 Å². The fourth-order valence-corrected chi connectivity index (χ4v) is 3.90. The number of hydrogen-bond donors (Lipinski definition) is 0. The number of likely N-dealkylation sites (tertiary alicyclic amines) is 1. The molecule has 1 aliphatic rings. The molecule has 1 aliphatic heterocycles. The van der Waals surface area contributed by atoms with E-state index >= 15 is 0 Å². The number of aryl methyl sites for hydroxylation is 1. The molecule has 0 aromatic heterocycles. The first-order valence-electron chi connectivity index (χ1n) is 8.28. The van der Waals surface area contributed by atoms with Crippen LogP contribution in [-0.4, -0.2) is 32.2 Å². The van der Waals surface area contributed by atoms with E-state index in [9.17, 15) is 8.42 Å². The summed E-state index contributed by atoms with van der Waals surface area (Å²) in [7, 11) is -3.73. The Morgan fingerprint density at radius 1 is 0.917 bits per heavy atom. The van der Waals surface area contributed by atoms with Crippen LogP contribution in [0.5, 0.6) is 0 Å². The van der Waals surface area contributed by atoms with Gasteiger partial charge in [0.1, 0.15) is 5.84 Å². The Bertz CT molecular complexity index is 806. The number of sulfonamides is 1. The zero-order valence-corrected chi connectivity index (χ0v) is 14.7. The highest BCUT2D eigenvalue weighted by Gasteiger charge is 2.21. The van der Waals surface area contributed by atoms with Gasteiger partial charge in [-0.15, -0.1) is 4.40 Å². The maximum Gasteiger partial charge on any atom is 0.284 e. The van der Waals surface area contributed by atoms with Crippen LogP contribution in [0.1, 0.15) is 30.4 Å². The van der Waals surface area contributed by atoms with Gasteiger partial charge in [0.15, 0.2) is 0 Å². The van der Waals surface area contributed by atoms with Crippen LogP contribution in [0.15, 0.2) is 63.9 Å². The second-order valence-electron chi connectivity index (χ2n) is 6.12. The third-order valence-corrected chi connectivity index (χ3v) is 5.49. The predicted octanol–water partition coefficient (Wildman–Crippen LogP) is 3.62. The summed E-state index contributed by atoms with van der Waals surface area (Å²) >= 11 is 0. The van der Waals surface area contributed by atoms with Gasteiger partial charge >= 0.3 is 0 Å². The van der Waals surface area contributed by atoms with Gasteiger partial charge in [0.05, 0.1) is 4.90 Å². The van der Waals surface area contributed by atoms with Crippen molar-refractivity contribution in [3.8, 4) is 0 Å². The highest BCUT2D eigenvalue weighted by atomic mass is 32.2. The Balaban J connectivity index is 2.03. The van der Waals surface area contributed by atoms with Crippen LogP contribution in [0, 0.1) is 6.92 Å². The predicted molar refractivity (Wildman–Crippen MR) is 96.8 cm³/mol. The molecule has 0 unspecified atom stereocenters. The minimum atomic E-state index is -3.73. The van der Waals surface area contributed by atoms with E-state index in [0.29, 0.717) is 5.84 Å². The molecular formula is C19H22N2O2S. The lowest BCUT2D eigenvalue weighted by Gasteiger charge is -2.29. The molecule has 2 aromatic carbocycles. The van der Waals surface area contributed by atoms with E-state index in [1.807, 2.05) is 37.3 Å². The molecule has 126 valence electrons. The van der Waals surface area contributed by atoms with Gasteiger partial charge in [-0.2, -0.15) is 8.42 Å². The average molecular weight is 342 g/mol. The molecule has 1 saturated heterocycles. The van der Waals surface area contributed by atoms with E-state index in [1.165, 1.54) is 6.42 Å². The van der Waals surface area contributed by atoms with Crippen LogP contribution in [0.25, 0.3) is 0 Å². The van der Waals surface area contributed by atoms with Gasteiger partial charge < -0.3 is 4.90 Å². The smallest absolute Gasteiger partial charge is 0.284 e. The molecule has 0 atom stereocenters. The number of rotatable bonds is 3. The van der Waals surface area contributed by atoms with Crippen molar-refractivity contribution in [1.82, 2.24) is 4.90 Å². The van der Waals surface area contributed by atoms with Crippen LogP contribution < -0.4 is 0 Å². The third-order valence-electron chi connectivity index (χ3n) is 4.21. The van der Waals surface area contributed by atoms with Crippen molar-refractivity contribution in [1.29, 1.82) is 0 Å². The first-order valence-corrected chi connectivity index (χ1v) is 9.72. The summed E-state index contributed by atoms with van der Waals surface area (Å²) in [4.78, 5) is 2.32. The minimum Gasteiger partial charge on any atom is -0.355 e. The van der Waals surface area contributed by atoms with Gasteiger partial charge in [0.25, 0.3) is 10.0 Å². The van der Waals surface area contributed by atoms with Crippen molar-refractivity contribution < 1.29 is 8.42 Å². The Morgan fingerprint density at radius 3 is 2.17 bits per heavy atom. The van der Waals surface area contributed by atoms with Crippen molar-refractivity contribution in [3.63, 3.8) is 0 Å². The van der Waals surface area contributed by atoms with E-state index in [2.05, 4.69) is 9.30 Å². The van der Waals surface area contributed by atoms with Gasteiger partial charge in [0, 0.05) is 18.7 Å². The van der Waals surface area contributed by atoms with Crippen LogP contribution in [-0.2, 0) is 10.0 Å². The summed E-state index contributed by atoms with van der Waals surface area (Å²) in [5.41, 5.74) is 1.87. The van der Waals surface area contributed by atoms with Gasteiger partial charge in [-0.1, -0.05) is 48.0 Å². The fraction of sp³-hybridized carbons (Fsp3) is 0.316. The lowest BCUT2D eigenvalue weighted by molar-refractivity contribution is 0.343. The molecule has 0 bridgehead atoms. The molecular weight excluding hydrogens is 320 g/mol. The molecule has 5 heteroatoms. The summed E-state index contributed by atoms with van der Waals surface area (Å²) in [6.45, 7) is 3.62. The van der Waals surface area contributed by atoms with E-state index in [0.717, 1.165) is 37.1 Å². The average Bonchev–Trinajstić information content (AvgIpc) is 2.62. The maximum absolute atomic E-state index is 12.8. The Hall–Kier alpha value is -2.14. The number of hydrogen-bond acceptors (Lipinski definition) is 2. The highest BCUT2D eigenvalue weighted by molar-refractivity contribution is 7.90. The van der Waals surface area contributed by atoms with Crippen LogP contribution >= 0.6 is 0 Å². The molecule has 0 radical (unpaired) electrons. The summed E-state index contributed by atoms with van der Waals surface area (Å²) in [6.07, 6.45) is 3.32. The lowest BCUT2D eigenvalue weighted by atomic mass is 10.1. The topological polar surface area (TPSA) is 49.7 Å². The molecule has 0 amide bonds. The van der Waals surface area contributed by atoms with Crippen molar-refractivity contribution in [3.05, 3.63) is 65.7 Å². The summed E-state index contributed by atoms with van der Waals surface area (Å²) in [6, 6.07) is 16.4. The van der Waals surface area contributed by atoms with Crippen LogP contribution in [0.2, 0.25) is 0 Å². The van der Waals surface area contributed by atoms with E-state index in [4.69, 9.17) is 0 Å². The number of amidine groups is 1. The fourth-order valence-electron chi connectivity index (χ4n) is 2.86. The van der Waals surface area contributed by atoms with E-state index in [-0.39, 0.29) is 4.90 Å². The molecule has 4 nitrogen and oxygen atoms in total. The number of benzene rings is 2. The standard InChI is InChI=1S/C19H22N2O2S/c1-16-10-12-18(13-11-16)24(22,23)20-19(17-8-4-2-5-9-17)21-14-6-3-7-15-21/h2,4-5,8-13H,3,6-7,14-15H2,1H3/b20-19+. The van der Waals surface area contributed by atoms with Crippen molar-refractivity contribution >= 4 is 15.9 Å². The van der Waals surface area contributed by atoms with E-state index in [1.54, 1.807) is 24.3 Å². The number of nitrogens with zero attached hydrogens (tertiary/aromatic N) is 2. The van der Waals surface area contributed by atoms with Crippen molar-refractivity contribution in [2.75, 3.05) is 13.1 Å². The first kappa shape index (κ1) is 16.7. The maximum atomic E-state index is 12.8. The molecule has 1 fully saturated rings. The zero-order valence-electron chi connectivity index (χ0n) is 13.9. The largest absolute Gasteiger partial charge is 0.355 e. The monoisotopic (exact) mass is 342 g/mol. The van der Waals surface area contributed by atoms with Crippen LogP contribution in [0.4, 0.5) is 0 Å². The number of piperidine rings is 1. The van der Waals surface area contributed by atoms with Crippen LogP contribution in [0.3, 0.4) is 0 Å². The van der Waals surface area contributed by atoms with Crippen molar-refractivity contribution in [2.24, 2.45) is 4.40 Å². The molecule has 24 heavy (non-hydrogen) atoms. The second kappa shape index (κ2) is 7.18. The molecule has 2 aromatic rings. The lowest BCUT2D eigenvalue weighted by Crippen LogP contribution is -2.36. The summed E-state index contributed by atoms with van der Waals surface area (Å²) in [5, 5.41) is 0. The van der Waals surface area contributed by atoms with Gasteiger partial charge in [-0.3, -0.25) is 0 Å². The highest BCUT2D eigenvalue weighted by Crippen LogP contribution is 2.19. The third kappa shape index (κ3) is 3.85. The Labute approximate surface area is 143 Å². The molecule has 0 saturated carbocycles. The molecule has 0 N–H and O–H groups in total. The summed E-state index contributed by atoms with van der Waals surface area (Å²) in [5.74, 6) is 0.552. The van der Waals surface area contributed by atoms with Crippen molar-refractivity contribution in [2.45, 2.75) is 31.1 Å². The normalized spacial score (nSPS) is 16.2. The Kier molecular flexibility index (Phi) is 5.00. The molecule has 0 spiro atoms. The van der Waals surface area contributed by atoms with Gasteiger partial charge in [0.2, 0.25) is 0 Å². The van der Waals surface area contributed by atoms with E-state index < -0.39 is 10.0 Å². The molecule has 3 rings (SSSR count). The summed E-state index contributed by atoms with van der Waals surface area (Å²) < 4.78 is 29.7. The van der Waals surface area contributed by atoms with Gasteiger partial charge in [-0.25, -0.2) is 0 Å². The molecule has 1 heterocycles.